The molecule has 9 nitrogen and oxygen atoms in total. The number of carbonyl (C=O) groups excluding carboxylic acids is 4. The zero-order chi connectivity index (χ0) is 31.1. The van der Waals surface area contributed by atoms with Gasteiger partial charge in [-0.05, 0) is 36.2 Å². The molecule has 0 bridgehead atoms. The lowest BCUT2D eigenvalue weighted by molar-refractivity contribution is -0.142. The summed E-state index contributed by atoms with van der Waals surface area (Å²) in [6, 6.07) is 14.0. The molecule has 3 aromatic carbocycles. The van der Waals surface area contributed by atoms with Crippen LogP contribution in [0.4, 0.5) is 15.8 Å². The second kappa shape index (κ2) is 14.2. The summed E-state index contributed by atoms with van der Waals surface area (Å²) in [5, 5.41) is 4.68. The number of benzene rings is 3. The molecule has 0 aromatic heterocycles. The number of halogens is 3. The van der Waals surface area contributed by atoms with Crippen molar-refractivity contribution in [3.8, 4) is 0 Å². The molecule has 1 aliphatic rings. The van der Waals surface area contributed by atoms with Crippen LogP contribution in [-0.2, 0) is 27.3 Å². The predicted octanol–water partition coefficient (Wildman–Crippen LogP) is 5.07. The van der Waals surface area contributed by atoms with Gasteiger partial charge in [0.05, 0.1) is 22.3 Å². The highest BCUT2D eigenvalue weighted by atomic mass is 35.5. The van der Waals surface area contributed by atoms with Crippen LogP contribution in [0.15, 0.2) is 60.7 Å². The van der Waals surface area contributed by atoms with E-state index in [0.29, 0.717) is 16.8 Å². The number of rotatable bonds is 10. The predicted molar refractivity (Wildman–Crippen MR) is 161 cm³/mol. The van der Waals surface area contributed by atoms with Gasteiger partial charge in [0.1, 0.15) is 12.1 Å². The van der Waals surface area contributed by atoms with Crippen LogP contribution >= 0.6 is 23.2 Å². The SMILES string of the molecule is [C-]#[N+]c1ccc2c(c1)CN(C(=O)CCC(=O)c1ccccc1)[C@H](C(=O)N[C@@H](CCN)C(=O)Nc1ccc(Cl)c(Cl)c1F)C2. The number of amides is 3. The molecule has 4 rings (SSSR count). The summed E-state index contributed by atoms with van der Waals surface area (Å²) >= 11 is 11.7. The lowest BCUT2D eigenvalue weighted by Gasteiger charge is -2.37. The largest absolute Gasteiger partial charge is 0.342 e. The van der Waals surface area contributed by atoms with Gasteiger partial charge in [0.25, 0.3) is 0 Å². The third-order valence-corrected chi connectivity index (χ3v) is 7.90. The fourth-order valence-corrected chi connectivity index (χ4v) is 5.13. The number of carbonyl (C=O) groups is 4. The average Bonchev–Trinajstić information content (AvgIpc) is 3.02. The number of ketones is 1. The van der Waals surface area contributed by atoms with Crippen LogP contribution in [0.5, 0.6) is 0 Å². The van der Waals surface area contributed by atoms with Gasteiger partial charge in [-0.25, -0.2) is 9.24 Å². The van der Waals surface area contributed by atoms with E-state index in [1.54, 1.807) is 48.5 Å². The van der Waals surface area contributed by atoms with Crippen molar-refractivity contribution in [2.45, 2.75) is 44.3 Å². The highest BCUT2D eigenvalue weighted by Gasteiger charge is 2.36. The van der Waals surface area contributed by atoms with Gasteiger partial charge in [-0.15, -0.1) is 0 Å². The lowest BCUT2D eigenvalue weighted by Crippen LogP contribution is -2.56. The van der Waals surface area contributed by atoms with Crippen LogP contribution < -0.4 is 16.4 Å². The minimum Gasteiger partial charge on any atom is -0.342 e. The quantitative estimate of drug-likeness (QED) is 0.165. The summed E-state index contributed by atoms with van der Waals surface area (Å²) in [7, 11) is 0. The Kier molecular flexibility index (Phi) is 10.5. The van der Waals surface area contributed by atoms with E-state index < -0.39 is 35.6 Å². The maximum atomic E-state index is 14.6. The fourth-order valence-electron chi connectivity index (χ4n) is 4.81. The first kappa shape index (κ1) is 31.6. The van der Waals surface area contributed by atoms with E-state index in [2.05, 4.69) is 15.5 Å². The fraction of sp³-hybridized carbons (Fsp3) is 0.258. The molecular formula is C31H28Cl2FN5O4. The molecule has 0 saturated heterocycles. The monoisotopic (exact) mass is 623 g/mol. The number of nitrogens with two attached hydrogens (primary N) is 1. The lowest BCUT2D eigenvalue weighted by atomic mass is 9.92. The Bertz CT molecular complexity index is 1590. The van der Waals surface area contributed by atoms with Gasteiger partial charge in [-0.3, -0.25) is 19.2 Å². The molecule has 3 amide bonds. The van der Waals surface area contributed by atoms with E-state index in [-0.39, 0.29) is 60.3 Å². The third kappa shape index (κ3) is 7.56. The van der Waals surface area contributed by atoms with Gasteiger partial charge in [0, 0.05) is 31.4 Å². The van der Waals surface area contributed by atoms with E-state index in [4.69, 9.17) is 35.5 Å². The van der Waals surface area contributed by atoms with Gasteiger partial charge in [0.2, 0.25) is 17.7 Å². The number of nitrogens with zero attached hydrogens (tertiary/aromatic N) is 2. The van der Waals surface area contributed by atoms with E-state index in [1.165, 1.54) is 17.0 Å². The zero-order valence-electron chi connectivity index (χ0n) is 22.9. The molecule has 12 heteroatoms. The molecule has 0 spiro atoms. The molecule has 2 atom stereocenters. The first-order valence-electron chi connectivity index (χ1n) is 13.4. The number of fused-ring (bicyclic) bond motifs is 1. The van der Waals surface area contributed by atoms with Crippen LogP contribution in [-0.4, -0.2) is 47.0 Å². The van der Waals surface area contributed by atoms with Crippen LogP contribution in [0, 0.1) is 12.4 Å². The van der Waals surface area contributed by atoms with Crippen molar-refractivity contribution < 1.29 is 23.6 Å². The van der Waals surface area contributed by atoms with Gasteiger partial charge in [0.15, 0.2) is 17.3 Å². The minimum atomic E-state index is -1.16. The second-order valence-electron chi connectivity index (χ2n) is 9.95. The number of nitrogens with one attached hydrogen (secondary N) is 2. The first-order valence-corrected chi connectivity index (χ1v) is 14.2. The average molecular weight is 625 g/mol. The highest BCUT2D eigenvalue weighted by molar-refractivity contribution is 6.42. The van der Waals surface area contributed by atoms with Crippen LogP contribution in [0.25, 0.3) is 4.85 Å². The van der Waals surface area contributed by atoms with Crippen LogP contribution in [0.2, 0.25) is 10.0 Å². The van der Waals surface area contributed by atoms with Crippen molar-refractivity contribution in [2.24, 2.45) is 5.73 Å². The smallest absolute Gasteiger partial charge is 0.247 e. The van der Waals surface area contributed by atoms with Crippen molar-refractivity contribution in [2.75, 3.05) is 11.9 Å². The summed E-state index contributed by atoms with van der Waals surface area (Å²) in [4.78, 5) is 57.7. The number of hydrogen-bond acceptors (Lipinski definition) is 5. The second-order valence-corrected chi connectivity index (χ2v) is 10.7. The van der Waals surface area contributed by atoms with Crippen molar-refractivity contribution in [3.63, 3.8) is 0 Å². The Morgan fingerprint density at radius 2 is 1.79 bits per heavy atom. The first-order chi connectivity index (χ1) is 20.6. The van der Waals surface area contributed by atoms with Gasteiger partial charge in [-0.2, -0.15) is 0 Å². The molecule has 3 aromatic rings. The van der Waals surface area contributed by atoms with Crippen molar-refractivity contribution in [1.29, 1.82) is 0 Å². The Morgan fingerprint density at radius 1 is 1.05 bits per heavy atom. The summed E-state index contributed by atoms with van der Waals surface area (Å²) < 4.78 is 14.6. The molecule has 0 saturated carbocycles. The molecule has 4 N–H and O–H groups in total. The topological polar surface area (TPSA) is 126 Å². The standard InChI is InChI=1S/C31H28Cl2FN5O4/c1-36-21-8-7-19-16-25(39(17-20(19)15-21)27(41)12-11-26(40)18-5-3-2-4-6-18)31(43)38-24(13-14-35)30(42)37-23-10-9-22(32)28(33)29(23)34/h2-10,15,24-25H,11-14,16-17,35H2,(H,37,42)(H,38,43)/t24-,25-/m0/s1. The Balaban J connectivity index is 1.54. The van der Waals surface area contributed by atoms with Crippen LogP contribution in [0.1, 0.15) is 40.7 Å². The van der Waals surface area contributed by atoms with Gasteiger partial charge < -0.3 is 21.3 Å². The van der Waals surface area contributed by atoms with E-state index in [1.807, 2.05) is 0 Å². The van der Waals surface area contributed by atoms with Crippen LogP contribution in [0.3, 0.4) is 0 Å². The molecule has 1 heterocycles. The molecule has 43 heavy (non-hydrogen) atoms. The molecule has 0 fully saturated rings. The summed E-state index contributed by atoms with van der Waals surface area (Å²) in [6.07, 6.45) is -0.0529. The third-order valence-electron chi connectivity index (χ3n) is 7.12. The van der Waals surface area contributed by atoms with E-state index in [0.717, 1.165) is 5.56 Å². The van der Waals surface area contributed by atoms with Gasteiger partial charge >= 0.3 is 0 Å². The molecule has 1 aliphatic heterocycles. The van der Waals surface area contributed by atoms with Crippen molar-refractivity contribution in [1.82, 2.24) is 10.2 Å². The molecule has 0 aliphatic carbocycles. The Hall–Kier alpha value is -4.30. The number of hydrogen-bond donors (Lipinski definition) is 3. The number of Topliss-reactive ketones (excluding diaryl/α,β-unsaturated/α-hetero) is 1. The normalized spacial score (nSPS) is 14.7. The van der Waals surface area contributed by atoms with Crippen molar-refractivity contribution in [3.05, 3.63) is 105 Å². The molecular weight excluding hydrogens is 596 g/mol. The Labute approximate surface area is 258 Å². The minimum absolute atomic E-state index is 0.0255. The molecule has 0 radical (unpaired) electrons. The zero-order valence-corrected chi connectivity index (χ0v) is 24.4. The summed E-state index contributed by atoms with van der Waals surface area (Å²) in [5.41, 5.74) is 7.84. The van der Waals surface area contributed by atoms with Gasteiger partial charge in [-0.1, -0.05) is 71.7 Å². The highest BCUT2D eigenvalue weighted by Crippen LogP contribution is 2.31. The maximum absolute atomic E-state index is 14.6. The summed E-state index contributed by atoms with van der Waals surface area (Å²) in [5.74, 6) is -2.92. The van der Waals surface area contributed by atoms with E-state index in [9.17, 15) is 23.6 Å². The van der Waals surface area contributed by atoms with Crippen molar-refractivity contribution >= 4 is 58.1 Å². The Morgan fingerprint density at radius 3 is 2.49 bits per heavy atom. The molecule has 0 unspecified atom stereocenters. The maximum Gasteiger partial charge on any atom is 0.247 e. The van der Waals surface area contributed by atoms with E-state index >= 15 is 0 Å². The summed E-state index contributed by atoms with van der Waals surface area (Å²) in [6.45, 7) is 7.39. The number of anilines is 1. The molecule has 222 valence electrons.